The van der Waals surface area contributed by atoms with Crippen LogP contribution in [0.4, 0.5) is 0 Å². The maximum absolute atomic E-state index is 11.8. The first-order valence-electron chi connectivity index (χ1n) is 7.21. The van der Waals surface area contributed by atoms with Gasteiger partial charge in [-0.1, -0.05) is 26.0 Å². The molecular formula is C16H24N2O2. The smallest absolute Gasteiger partial charge is 0.241 e. The van der Waals surface area contributed by atoms with Crippen LogP contribution >= 0.6 is 0 Å². The highest BCUT2D eigenvalue weighted by Crippen LogP contribution is 2.39. The van der Waals surface area contributed by atoms with Crippen molar-refractivity contribution >= 4 is 5.91 Å². The number of ether oxygens (including phenoxy) is 1. The zero-order valence-corrected chi connectivity index (χ0v) is 12.5. The Morgan fingerprint density at radius 1 is 1.40 bits per heavy atom. The van der Waals surface area contributed by atoms with E-state index in [-0.39, 0.29) is 12.5 Å². The molecule has 1 atom stereocenters. The van der Waals surface area contributed by atoms with Gasteiger partial charge in [-0.3, -0.25) is 4.79 Å². The second-order valence-corrected chi connectivity index (χ2v) is 5.87. The third-order valence-corrected chi connectivity index (χ3v) is 4.17. The van der Waals surface area contributed by atoms with Gasteiger partial charge < -0.3 is 15.8 Å². The number of amides is 1. The number of carbonyl (C=O) groups excluding carboxylic acids is 1. The Morgan fingerprint density at radius 3 is 2.40 bits per heavy atom. The molecule has 0 bridgehead atoms. The van der Waals surface area contributed by atoms with Gasteiger partial charge in [0.1, 0.15) is 17.9 Å². The molecule has 20 heavy (non-hydrogen) atoms. The summed E-state index contributed by atoms with van der Waals surface area (Å²) in [6, 6.07) is 8.01. The molecule has 1 saturated carbocycles. The molecule has 0 heterocycles. The van der Waals surface area contributed by atoms with Gasteiger partial charge in [0.15, 0.2) is 0 Å². The number of carbonyl (C=O) groups is 1. The number of rotatable bonds is 7. The van der Waals surface area contributed by atoms with E-state index < -0.39 is 5.54 Å². The number of nitrogens with one attached hydrogen (secondary N) is 1. The first-order valence-corrected chi connectivity index (χ1v) is 7.21. The maximum Gasteiger partial charge on any atom is 0.241 e. The first-order chi connectivity index (χ1) is 9.49. The SMILES string of the molecule is CNC(COc1ccc(C(C)C)cc1)(C(N)=O)C1CC1. The van der Waals surface area contributed by atoms with Crippen LogP contribution in [0.5, 0.6) is 5.75 Å². The fraction of sp³-hybridized carbons (Fsp3) is 0.562. The van der Waals surface area contributed by atoms with E-state index in [9.17, 15) is 4.79 Å². The van der Waals surface area contributed by atoms with Crippen LogP contribution in [0.25, 0.3) is 0 Å². The molecule has 0 spiro atoms. The molecule has 2 rings (SSSR count). The van der Waals surface area contributed by atoms with Gasteiger partial charge in [-0.15, -0.1) is 0 Å². The molecule has 3 N–H and O–H groups in total. The highest BCUT2D eigenvalue weighted by Gasteiger charge is 2.49. The molecule has 1 unspecified atom stereocenters. The summed E-state index contributed by atoms with van der Waals surface area (Å²) in [6.07, 6.45) is 2.05. The number of benzene rings is 1. The summed E-state index contributed by atoms with van der Waals surface area (Å²) >= 11 is 0. The minimum Gasteiger partial charge on any atom is -0.491 e. The monoisotopic (exact) mass is 276 g/mol. The summed E-state index contributed by atoms with van der Waals surface area (Å²) in [4.78, 5) is 11.8. The molecule has 4 nitrogen and oxygen atoms in total. The fourth-order valence-corrected chi connectivity index (χ4v) is 2.51. The lowest BCUT2D eigenvalue weighted by atomic mass is 9.93. The number of nitrogens with two attached hydrogens (primary N) is 1. The summed E-state index contributed by atoms with van der Waals surface area (Å²) in [7, 11) is 1.77. The van der Waals surface area contributed by atoms with Crippen LogP contribution in [0.1, 0.15) is 38.2 Å². The lowest BCUT2D eigenvalue weighted by Crippen LogP contribution is -2.59. The van der Waals surface area contributed by atoms with Gasteiger partial charge >= 0.3 is 0 Å². The fourth-order valence-electron chi connectivity index (χ4n) is 2.51. The zero-order chi connectivity index (χ0) is 14.8. The standard InChI is InChI=1S/C16H24N2O2/c1-11(2)12-4-8-14(9-5-12)20-10-16(18-3,15(17)19)13-6-7-13/h4-5,8-9,11,13,18H,6-7,10H2,1-3H3,(H2,17,19). The van der Waals surface area contributed by atoms with Crippen molar-refractivity contribution < 1.29 is 9.53 Å². The second-order valence-electron chi connectivity index (χ2n) is 5.87. The van der Waals surface area contributed by atoms with Crippen molar-refractivity contribution in [3.05, 3.63) is 29.8 Å². The Morgan fingerprint density at radius 2 is 2.00 bits per heavy atom. The van der Waals surface area contributed by atoms with E-state index >= 15 is 0 Å². The molecule has 1 fully saturated rings. The molecule has 4 heteroatoms. The van der Waals surface area contributed by atoms with E-state index in [0.29, 0.717) is 11.8 Å². The summed E-state index contributed by atoms with van der Waals surface area (Å²) in [6.45, 7) is 4.59. The quantitative estimate of drug-likeness (QED) is 0.801. The van der Waals surface area contributed by atoms with Crippen molar-refractivity contribution in [2.24, 2.45) is 11.7 Å². The highest BCUT2D eigenvalue weighted by molar-refractivity contribution is 5.85. The summed E-state index contributed by atoms with van der Waals surface area (Å²) in [5.41, 5.74) is 6.10. The first kappa shape index (κ1) is 14.9. The van der Waals surface area contributed by atoms with E-state index in [1.165, 1.54) is 5.56 Å². The van der Waals surface area contributed by atoms with Crippen LogP contribution in [0, 0.1) is 5.92 Å². The van der Waals surface area contributed by atoms with Crippen LogP contribution in [-0.2, 0) is 4.79 Å². The van der Waals surface area contributed by atoms with E-state index in [1.807, 2.05) is 12.1 Å². The molecule has 1 aliphatic carbocycles. The van der Waals surface area contributed by atoms with Gasteiger partial charge in [-0.2, -0.15) is 0 Å². The number of primary amides is 1. The van der Waals surface area contributed by atoms with Crippen molar-refractivity contribution in [1.82, 2.24) is 5.32 Å². The van der Waals surface area contributed by atoms with Gasteiger partial charge in [-0.25, -0.2) is 0 Å². The van der Waals surface area contributed by atoms with Crippen LogP contribution in [0.15, 0.2) is 24.3 Å². The van der Waals surface area contributed by atoms with Crippen molar-refractivity contribution in [2.75, 3.05) is 13.7 Å². The Bertz CT molecular complexity index is 466. The van der Waals surface area contributed by atoms with Gasteiger partial charge in [0, 0.05) is 0 Å². The average Bonchev–Trinajstić information content (AvgIpc) is 3.25. The van der Waals surface area contributed by atoms with Gasteiger partial charge in [0.05, 0.1) is 0 Å². The summed E-state index contributed by atoms with van der Waals surface area (Å²) in [5.74, 6) is 1.23. The van der Waals surface area contributed by atoms with Crippen LogP contribution in [0.2, 0.25) is 0 Å². The lowest BCUT2D eigenvalue weighted by molar-refractivity contribution is -0.126. The largest absolute Gasteiger partial charge is 0.491 e. The van der Waals surface area contributed by atoms with E-state index in [2.05, 4.69) is 31.3 Å². The van der Waals surface area contributed by atoms with Crippen molar-refractivity contribution in [2.45, 2.75) is 38.1 Å². The second kappa shape index (κ2) is 5.83. The van der Waals surface area contributed by atoms with Gasteiger partial charge in [0.25, 0.3) is 0 Å². The molecule has 1 amide bonds. The predicted molar refractivity (Wildman–Crippen MR) is 79.7 cm³/mol. The predicted octanol–water partition coefficient (Wildman–Crippen LogP) is 2.04. The molecule has 0 aliphatic heterocycles. The lowest BCUT2D eigenvalue weighted by Gasteiger charge is -2.30. The number of hydrogen-bond acceptors (Lipinski definition) is 3. The third-order valence-electron chi connectivity index (χ3n) is 4.17. The number of likely N-dealkylation sites (N-methyl/N-ethyl adjacent to an activating group) is 1. The highest BCUT2D eigenvalue weighted by atomic mass is 16.5. The minimum absolute atomic E-state index is 0.282. The minimum atomic E-state index is -0.739. The van der Waals surface area contributed by atoms with Gasteiger partial charge in [0.2, 0.25) is 5.91 Å². The van der Waals surface area contributed by atoms with Gasteiger partial charge in [-0.05, 0) is 49.4 Å². The molecule has 1 aromatic carbocycles. The van der Waals surface area contributed by atoms with Crippen molar-refractivity contribution in [3.8, 4) is 5.75 Å². The topological polar surface area (TPSA) is 64.3 Å². The number of hydrogen-bond donors (Lipinski definition) is 2. The van der Waals surface area contributed by atoms with E-state index in [4.69, 9.17) is 10.5 Å². The molecular weight excluding hydrogens is 252 g/mol. The molecule has 0 radical (unpaired) electrons. The third kappa shape index (κ3) is 2.96. The zero-order valence-electron chi connectivity index (χ0n) is 12.5. The Balaban J connectivity index is 2.04. The Kier molecular flexibility index (Phi) is 4.33. The van der Waals surface area contributed by atoms with Crippen LogP contribution in [-0.4, -0.2) is 25.1 Å². The molecule has 110 valence electrons. The molecule has 1 aromatic rings. The molecule has 1 aliphatic rings. The summed E-state index contributed by atoms with van der Waals surface area (Å²) in [5, 5.41) is 3.08. The Hall–Kier alpha value is -1.55. The van der Waals surface area contributed by atoms with Crippen molar-refractivity contribution in [1.29, 1.82) is 0 Å². The maximum atomic E-state index is 11.8. The van der Waals surface area contributed by atoms with E-state index in [0.717, 1.165) is 18.6 Å². The summed E-state index contributed by atoms with van der Waals surface area (Å²) < 4.78 is 5.80. The van der Waals surface area contributed by atoms with Crippen molar-refractivity contribution in [3.63, 3.8) is 0 Å². The van der Waals surface area contributed by atoms with Crippen LogP contribution < -0.4 is 15.8 Å². The molecule has 0 saturated heterocycles. The normalized spacial score (nSPS) is 17.8. The van der Waals surface area contributed by atoms with Crippen LogP contribution in [0.3, 0.4) is 0 Å². The Labute approximate surface area is 120 Å². The average molecular weight is 276 g/mol. The van der Waals surface area contributed by atoms with E-state index in [1.54, 1.807) is 7.05 Å². The molecule has 0 aromatic heterocycles.